The summed E-state index contributed by atoms with van der Waals surface area (Å²) in [5, 5.41) is 8.12. The molecule has 0 radical (unpaired) electrons. The lowest BCUT2D eigenvalue weighted by molar-refractivity contribution is 0.351. The molecule has 1 atom stereocenters. The molecule has 0 aliphatic carbocycles. The molecular formula is C14H28N4. The quantitative estimate of drug-likeness (QED) is 0.657. The molecule has 0 aliphatic rings. The molecule has 1 heterocycles. The number of anilines is 1. The first kappa shape index (κ1) is 15.0. The van der Waals surface area contributed by atoms with E-state index in [9.17, 15) is 0 Å². The Morgan fingerprint density at radius 2 is 1.67 bits per heavy atom. The van der Waals surface area contributed by atoms with Crippen molar-refractivity contribution in [2.75, 3.05) is 5.73 Å². The molecule has 4 nitrogen and oxygen atoms in total. The molecule has 0 saturated heterocycles. The van der Waals surface area contributed by atoms with E-state index in [1.807, 2.05) is 0 Å². The molecule has 0 bridgehead atoms. The van der Waals surface area contributed by atoms with Gasteiger partial charge in [-0.05, 0) is 12.8 Å². The van der Waals surface area contributed by atoms with Crippen LogP contribution in [0.2, 0.25) is 0 Å². The molecule has 104 valence electrons. The number of nitrogens with one attached hydrogen (secondary N) is 1. The Labute approximate surface area is 111 Å². The van der Waals surface area contributed by atoms with Gasteiger partial charge in [-0.1, -0.05) is 59.3 Å². The number of aromatic nitrogens is 3. The van der Waals surface area contributed by atoms with E-state index < -0.39 is 0 Å². The van der Waals surface area contributed by atoms with Crippen molar-refractivity contribution in [2.24, 2.45) is 0 Å². The summed E-state index contributed by atoms with van der Waals surface area (Å²) in [5.41, 5.74) is 5.76. The second-order valence-corrected chi connectivity index (χ2v) is 5.53. The van der Waals surface area contributed by atoms with Crippen molar-refractivity contribution in [1.82, 2.24) is 15.2 Å². The van der Waals surface area contributed by atoms with Gasteiger partial charge in [0.15, 0.2) is 0 Å². The van der Waals surface area contributed by atoms with E-state index in [4.69, 9.17) is 5.73 Å². The first-order chi connectivity index (χ1) is 8.62. The summed E-state index contributed by atoms with van der Waals surface area (Å²) in [4.78, 5) is 3.12. The predicted molar refractivity (Wildman–Crippen MR) is 76.4 cm³/mol. The molecule has 0 fully saturated rings. The average Bonchev–Trinajstić information content (AvgIpc) is 2.80. The highest BCUT2D eigenvalue weighted by Crippen LogP contribution is 2.33. The first-order valence-electron chi connectivity index (χ1n) is 7.31. The van der Waals surface area contributed by atoms with Crippen molar-refractivity contribution < 1.29 is 0 Å². The Morgan fingerprint density at radius 3 is 2.22 bits per heavy atom. The number of nitrogen functional groups attached to an aromatic ring is 1. The molecule has 4 heteroatoms. The van der Waals surface area contributed by atoms with E-state index in [0.29, 0.717) is 5.95 Å². The molecule has 1 aromatic heterocycles. The summed E-state index contributed by atoms with van der Waals surface area (Å²) in [7, 11) is 0. The minimum Gasteiger partial charge on any atom is -0.368 e. The normalized spacial score (nSPS) is 14.6. The molecule has 1 aromatic rings. The number of aromatic amines is 1. The average molecular weight is 252 g/mol. The van der Waals surface area contributed by atoms with Crippen LogP contribution >= 0.6 is 0 Å². The van der Waals surface area contributed by atoms with Crippen LogP contribution in [0.1, 0.15) is 78.0 Å². The van der Waals surface area contributed by atoms with Gasteiger partial charge in [-0.2, -0.15) is 0 Å². The lowest BCUT2D eigenvalue weighted by Gasteiger charge is -2.27. The number of hydrogen-bond donors (Lipinski definition) is 2. The van der Waals surface area contributed by atoms with Gasteiger partial charge >= 0.3 is 0 Å². The molecule has 3 N–H and O–H groups in total. The van der Waals surface area contributed by atoms with Gasteiger partial charge in [-0.15, -0.1) is 10.2 Å². The van der Waals surface area contributed by atoms with Crippen LogP contribution in [0.3, 0.4) is 0 Å². The van der Waals surface area contributed by atoms with Gasteiger partial charge in [0.2, 0.25) is 5.95 Å². The van der Waals surface area contributed by atoms with Crippen molar-refractivity contribution in [3.63, 3.8) is 0 Å². The molecule has 0 aromatic carbocycles. The molecule has 0 amide bonds. The largest absolute Gasteiger partial charge is 0.368 e. The third-order valence-corrected chi connectivity index (χ3v) is 3.74. The van der Waals surface area contributed by atoms with Gasteiger partial charge < -0.3 is 10.7 Å². The lowest BCUT2D eigenvalue weighted by atomic mass is 9.79. The lowest BCUT2D eigenvalue weighted by Crippen LogP contribution is -2.24. The minimum atomic E-state index is 0.106. The number of unbranched alkanes of at least 4 members (excludes halogenated alkanes) is 4. The zero-order valence-corrected chi connectivity index (χ0v) is 12.1. The molecule has 0 saturated carbocycles. The molecule has 0 aliphatic heterocycles. The fraction of sp³-hybridized carbons (Fsp3) is 0.857. The first-order valence-corrected chi connectivity index (χ1v) is 7.31. The van der Waals surface area contributed by atoms with Crippen molar-refractivity contribution in [1.29, 1.82) is 0 Å². The van der Waals surface area contributed by atoms with E-state index in [-0.39, 0.29) is 5.41 Å². The minimum absolute atomic E-state index is 0.106. The highest BCUT2D eigenvalue weighted by Gasteiger charge is 2.29. The topological polar surface area (TPSA) is 67.6 Å². The molecule has 1 rings (SSSR count). The van der Waals surface area contributed by atoms with Crippen LogP contribution in [-0.4, -0.2) is 15.2 Å². The summed E-state index contributed by atoms with van der Waals surface area (Å²) in [6, 6.07) is 0. The number of hydrogen-bond acceptors (Lipinski definition) is 3. The van der Waals surface area contributed by atoms with Gasteiger partial charge in [0.25, 0.3) is 0 Å². The van der Waals surface area contributed by atoms with Crippen LogP contribution in [0.4, 0.5) is 5.95 Å². The van der Waals surface area contributed by atoms with Crippen LogP contribution in [0.25, 0.3) is 0 Å². The summed E-state index contributed by atoms with van der Waals surface area (Å²) < 4.78 is 0. The van der Waals surface area contributed by atoms with E-state index in [1.54, 1.807) is 0 Å². The Hall–Kier alpha value is -1.06. The number of H-pyrrole nitrogens is 1. The van der Waals surface area contributed by atoms with Crippen LogP contribution in [0.15, 0.2) is 0 Å². The third-order valence-electron chi connectivity index (χ3n) is 3.74. The van der Waals surface area contributed by atoms with Crippen LogP contribution in [0.5, 0.6) is 0 Å². The number of nitrogens with zero attached hydrogens (tertiary/aromatic N) is 2. The summed E-state index contributed by atoms with van der Waals surface area (Å²) in [6.07, 6.45) is 9.94. The molecule has 18 heavy (non-hydrogen) atoms. The SMILES string of the molecule is CCCCCCC(C)(CCCC)c1nnc(N)[nH]1. The smallest absolute Gasteiger partial charge is 0.219 e. The fourth-order valence-electron chi connectivity index (χ4n) is 2.42. The van der Waals surface area contributed by atoms with E-state index >= 15 is 0 Å². The van der Waals surface area contributed by atoms with Crippen LogP contribution < -0.4 is 5.73 Å². The summed E-state index contributed by atoms with van der Waals surface area (Å²) in [6.45, 7) is 6.76. The van der Waals surface area contributed by atoms with Gasteiger partial charge in [0.1, 0.15) is 5.82 Å². The van der Waals surface area contributed by atoms with Gasteiger partial charge in [-0.25, -0.2) is 0 Å². The van der Waals surface area contributed by atoms with Crippen molar-refractivity contribution in [3.8, 4) is 0 Å². The molecular weight excluding hydrogens is 224 g/mol. The van der Waals surface area contributed by atoms with E-state index in [2.05, 4.69) is 36.0 Å². The fourth-order valence-corrected chi connectivity index (χ4v) is 2.42. The monoisotopic (exact) mass is 252 g/mol. The van der Waals surface area contributed by atoms with Crippen LogP contribution in [0, 0.1) is 0 Å². The highest BCUT2D eigenvalue weighted by atomic mass is 15.3. The maximum Gasteiger partial charge on any atom is 0.219 e. The Morgan fingerprint density at radius 1 is 1.00 bits per heavy atom. The second-order valence-electron chi connectivity index (χ2n) is 5.53. The highest BCUT2D eigenvalue weighted by molar-refractivity contribution is 5.17. The van der Waals surface area contributed by atoms with Gasteiger partial charge in [-0.3, -0.25) is 0 Å². The summed E-state index contributed by atoms with van der Waals surface area (Å²) in [5.74, 6) is 1.39. The van der Waals surface area contributed by atoms with Gasteiger partial charge in [0, 0.05) is 5.41 Å². The third kappa shape index (κ3) is 4.31. The van der Waals surface area contributed by atoms with E-state index in [1.165, 1.54) is 44.9 Å². The standard InChI is InChI=1S/C14H28N4/c1-4-6-8-9-11-14(3,10-7-5-2)12-16-13(15)18-17-12/h4-11H2,1-3H3,(H3,15,16,17,18). The maximum atomic E-state index is 5.65. The Kier molecular flexibility index (Phi) is 6.16. The van der Waals surface area contributed by atoms with Crippen molar-refractivity contribution in [3.05, 3.63) is 5.82 Å². The van der Waals surface area contributed by atoms with Crippen molar-refractivity contribution in [2.45, 2.75) is 77.6 Å². The zero-order chi connectivity index (χ0) is 13.4. The number of rotatable bonds is 9. The number of nitrogens with two attached hydrogens (primary N) is 1. The maximum absolute atomic E-state index is 5.65. The van der Waals surface area contributed by atoms with E-state index in [0.717, 1.165) is 12.2 Å². The summed E-state index contributed by atoms with van der Waals surface area (Å²) >= 11 is 0. The zero-order valence-electron chi connectivity index (χ0n) is 12.1. The van der Waals surface area contributed by atoms with Crippen LogP contribution in [-0.2, 0) is 5.41 Å². The van der Waals surface area contributed by atoms with Gasteiger partial charge in [0.05, 0.1) is 0 Å². The molecule has 1 unspecified atom stereocenters. The second kappa shape index (κ2) is 7.39. The molecule has 0 spiro atoms. The van der Waals surface area contributed by atoms with Crippen molar-refractivity contribution >= 4 is 5.95 Å². The predicted octanol–water partition coefficient (Wildman–Crippen LogP) is 3.81. The Bertz CT molecular complexity index is 334. The Balaban J connectivity index is 2.62.